The molecule has 0 radical (unpaired) electrons. The molecule has 16 heavy (non-hydrogen) atoms. The van der Waals surface area contributed by atoms with Crippen LogP contribution in [0.25, 0.3) is 0 Å². The van der Waals surface area contributed by atoms with Crippen LogP contribution in [0, 0.1) is 13.8 Å². The first-order chi connectivity index (χ1) is 7.67. The van der Waals surface area contributed by atoms with Gasteiger partial charge in [-0.3, -0.25) is 0 Å². The molecule has 0 amide bonds. The quantitative estimate of drug-likeness (QED) is 0.822. The Morgan fingerprint density at radius 1 is 1.19 bits per heavy atom. The van der Waals surface area contributed by atoms with Crippen LogP contribution in [0.15, 0.2) is 22.6 Å². The molecule has 84 valence electrons. The second-order valence-corrected chi connectivity index (χ2v) is 3.71. The Morgan fingerprint density at radius 3 is 2.44 bits per heavy atom. The van der Waals surface area contributed by atoms with Crippen molar-refractivity contribution in [3.05, 3.63) is 35.2 Å². The summed E-state index contributed by atoms with van der Waals surface area (Å²) in [6.45, 7) is 4.33. The largest absolute Gasteiger partial charge is 0.406 e. The second kappa shape index (κ2) is 4.32. The van der Waals surface area contributed by atoms with Crippen molar-refractivity contribution in [2.45, 2.75) is 20.4 Å². The molecule has 0 aliphatic rings. The van der Waals surface area contributed by atoms with Gasteiger partial charge in [-0.25, -0.2) is 0 Å². The number of anilines is 2. The highest BCUT2D eigenvalue weighted by Crippen LogP contribution is 2.18. The number of nitrogens with zero attached hydrogens (tertiary/aromatic N) is 2. The lowest BCUT2D eigenvalue weighted by atomic mass is 10.1. The molecule has 2 aromatic rings. The third-order valence-corrected chi connectivity index (χ3v) is 2.11. The van der Waals surface area contributed by atoms with Crippen LogP contribution in [0.5, 0.6) is 0 Å². The van der Waals surface area contributed by atoms with Gasteiger partial charge in [0.2, 0.25) is 5.89 Å². The fourth-order valence-corrected chi connectivity index (χ4v) is 1.56. The van der Waals surface area contributed by atoms with Crippen LogP contribution < -0.4 is 11.1 Å². The minimum Gasteiger partial charge on any atom is -0.406 e. The summed E-state index contributed by atoms with van der Waals surface area (Å²) in [6.07, 6.45) is 0. The molecular formula is C11H14N4O. The van der Waals surface area contributed by atoms with Gasteiger partial charge in [-0.15, -0.1) is 5.10 Å². The number of hydrogen-bond donors (Lipinski definition) is 2. The van der Waals surface area contributed by atoms with Crippen molar-refractivity contribution in [2.24, 2.45) is 5.73 Å². The molecular weight excluding hydrogens is 204 g/mol. The monoisotopic (exact) mass is 218 g/mol. The predicted octanol–water partition coefficient (Wildman–Crippen LogP) is 1.89. The smallest absolute Gasteiger partial charge is 0.320 e. The average molecular weight is 218 g/mol. The van der Waals surface area contributed by atoms with Crippen molar-refractivity contribution in [3.8, 4) is 0 Å². The number of nitrogens with two attached hydrogens (primary N) is 1. The molecule has 5 heteroatoms. The summed E-state index contributed by atoms with van der Waals surface area (Å²) < 4.78 is 5.26. The van der Waals surface area contributed by atoms with Gasteiger partial charge in [0, 0.05) is 5.69 Å². The van der Waals surface area contributed by atoms with E-state index in [9.17, 15) is 0 Å². The van der Waals surface area contributed by atoms with E-state index >= 15 is 0 Å². The van der Waals surface area contributed by atoms with E-state index in [2.05, 4.69) is 21.6 Å². The number of aromatic nitrogens is 2. The Hall–Kier alpha value is -1.88. The Bertz CT molecular complexity index is 472. The maximum absolute atomic E-state index is 5.38. The zero-order valence-corrected chi connectivity index (χ0v) is 9.32. The van der Waals surface area contributed by atoms with Crippen molar-refractivity contribution in [3.63, 3.8) is 0 Å². The van der Waals surface area contributed by atoms with Crippen LogP contribution >= 0.6 is 0 Å². The van der Waals surface area contributed by atoms with Gasteiger partial charge in [0.1, 0.15) is 0 Å². The van der Waals surface area contributed by atoms with Crippen LogP contribution in [-0.4, -0.2) is 10.2 Å². The van der Waals surface area contributed by atoms with Gasteiger partial charge in [0.15, 0.2) is 0 Å². The SMILES string of the molecule is Cc1cc(C)cc(Nc2nnc(CN)o2)c1. The van der Waals surface area contributed by atoms with Crippen LogP contribution in [0.2, 0.25) is 0 Å². The van der Waals surface area contributed by atoms with Gasteiger partial charge in [-0.2, -0.15) is 0 Å². The molecule has 0 saturated heterocycles. The second-order valence-electron chi connectivity index (χ2n) is 3.71. The molecule has 1 heterocycles. The summed E-state index contributed by atoms with van der Waals surface area (Å²) >= 11 is 0. The molecule has 1 aromatic carbocycles. The molecule has 0 bridgehead atoms. The normalized spacial score (nSPS) is 10.4. The van der Waals surface area contributed by atoms with Crippen LogP contribution in [0.4, 0.5) is 11.7 Å². The third kappa shape index (κ3) is 2.38. The lowest BCUT2D eigenvalue weighted by molar-refractivity contribution is 0.511. The molecule has 0 unspecified atom stereocenters. The highest BCUT2D eigenvalue weighted by molar-refractivity contribution is 5.54. The van der Waals surface area contributed by atoms with Crippen molar-refractivity contribution >= 4 is 11.7 Å². The average Bonchev–Trinajstić information content (AvgIpc) is 2.64. The molecule has 0 spiro atoms. The van der Waals surface area contributed by atoms with Crippen LogP contribution in [0.3, 0.4) is 0 Å². The lowest BCUT2D eigenvalue weighted by Crippen LogP contribution is -1.95. The van der Waals surface area contributed by atoms with Gasteiger partial charge >= 0.3 is 6.01 Å². The van der Waals surface area contributed by atoms with Crippen LogP contribution in [-0.2, 0) is 6.54 Å². The van der Waals surface area contributed by atoms with E-state index in [4.69, 9.17) is 10.2 Å². The summed E-state index contributed by atoms with van der Waals surface area (Å²) in [7, 11) is 0. The Kier molecular flexibility index (Phi) is 2.87. The summed E-state index contributed by atoms with van der Waals surface area (Å²) in [4.78, 5) is 0. The predicted molar refractivity (Wildman–Crippen MR) is 61.4 cm³/mol. The molecule has 0 fully saturated rings. The fraction of sp³-hybridized carbons (Fsp3) is 0.273. The van der Waals surface area contributed by atoms with Gasteiger partial charge in [0.05, 0.1) is 6.54 Å². The molecule has 1 aromatic heterocycles. The molecule has 3 N–H and O–H groups in total. The number of benzene rings is 1. The Morgan fingerprint density at radius 2 is 1.88 bits per heavy atom. The molecule has 0 atom stereocenters. The fourth-order valence-electron chi connectivity index (χ4n) is 1.56. The molecule has 0 aliphatic heterocycles. The molecule has 2 rings (SSSR count). The van der Waals surface area contributed by atoms with Crippen molar-refractivity contribution in [1.82, 2.24) is 10.2 Å². The van der Waals surface area contributed by atoms with E-state index < -0.39 is 0 Å². The Balaban J connectivity index is 2.19. The molecule has 0 aliphatic carbocycles. The van der Waals surface area contributed by atoms with E-state index in [0.29, 0.717) is 11.9 Å². The number of hydrogen-bond acceptors (Lipinski definition) is 5. The third-order valence-electron chi connectivity index (χ3n) is 2.11. The minimum atomic E-state index is 0.252. The zero-order valence-electron chi connectivity index (χ0n) is 9.32. The lowest BCUT2D eigenvalue weighted by Gasteiger charge is -2.04. The first-order valence-corrected chi connectivity index (χ1v) is 5.05. The first kappa shape index (κ1) is 10.6. The maximum Gasteiger partial charge on any atom is 0.320 e. The number of rotatable bonds is 3. The van der Waals surface area contributed by atoms with Crippen molar-refractivity contribution in [2.75, 3.05) is 5.32 Å². The Labute approximate surface area is 93.7 Å². The van der Waals surface area contributed by atoms with Gasteiger partial charge in [-0.1, -0.05) is 11.2 Å². The summed E-state index contributed by atoms with van der Waals surface area (Å²) in [5, 5.41) is 10.6. The topological polar surface area (TPSA) is 77.0 Å². The van der Waals surface area contributed by atoms with Crippen molar-refractivity contribution in [1.29, 1.82) is 0 Å². The summed E-state index contributed by atoms with van der Waals surface area (Å²) in [5.41, 5.74) is 8.68. The van der Waals surface area contributed by atoms with E-state index in [1.54, 1.807) is 0 Å². The van der Waals surface area contributed by atoms with E-state index in [0.717, 1.165) is 5.69 Å². The summed E-state index contributed by atoms with van der Waals surface area (Å²) in [6, 6.07) is 6.49. The maximum atomic E-state index is 5.38. The van der Waals surface area contributed by atoms with E-state index in [-0.39, 0.29) is 6.54 Å². The molecule has 0 saturated carbocycles. The highest BCUT2D eigenvalue weighted by atomic mass is 16.4. The first-order valence-electron chi connectivity index (χ1n) is 5.05. The number of aryl methyl sites for hydroxylation is 2. The van der Waals surface area contributed by atoms with E-state index in [1.807, 2.05) is 26.0 Å². The zero-order chi connectivity index (χ0) is 11.5. The van der Waals surface area contributed by atoms with Crippen LogP contribution in [0.1, 0.15) is 17.0 Å². The van der Waals surface area contributed by atoms with Crippen molar-refractivity contribution < 1.29 is 4.42 Å². The summed E-state index contributed by atoms with van der Waals surface area (Å²) in [5.74, 6) is 0.423. The van der Waals surface area contributed by atoms with E-state index in [1.165, 1.54) is 11.1 Å². The minimum absolute atomic E-state index is 0.252. The van der Waals surface area contributed by atoms with Gasteiger partial charge < -0.3 is 15.5 Å². The van der Waals surface area contributed by atoms with Gasteiger partial charge in [0.25, 0.3) is 0 Å². The molecule has 5 nitrogen and oxygen atoms in total. The standard InChI is InChI=1S/C11H14N4O/c1-7-3-8(2)5-9(4-7)13-11-15-14-10(6-12)16-11/h3-5H,6,12H2,1-2H3,(H,13,15). The highest BCUT2D eigenvalue weighted by Gasteiger charge is 2.04. The number of nitrogens with one attached hydrogen (secondary N) is 1. The van der Waals surface area contributed by atoms with Gasteiger partial charge in [-0.05, 0) is 37.1 Å².